The summed E-state index contributed by atoms with van der Waals surface area (Å²) in [5, 5.41) is 3.17. The van der Waals surface area contributed by atoms with Crippen molar-refractivity contribution in [2.75, 3.05) is 11.9 Å². The molecule has 1 aliphatic carbocycles. The van der Waals surface area contributed by atoms with Crippen LogP contribution in [0.25, 0.3) is 0 Å². The molecule has 0 bridgehead atoms. The molecule has 1 aromatic heterocycles. The molecule has 5 nitrogen and oxygen atoms in total. The minimum atomic E-state index is -3.17. The number of nitrogens with zero attached hydrogens (tertiary/aromatic N) is 1. The lowest BCUT2D eigenvalue weighted by atomic mass is 9.86. The van der Waals surface area contributed by atoms with Crippen LogP contribution in [-0.4, -0.2) is 31.2 Å². The lowest BCUT2D eigenvalue weighted by Gasteiger charge is -2.29. The molecular formula is C22H31N3O2S. The van der Waals surface area contributed by atoms with E-state index in [4.69, 9.17) is 0 Å². The summed E-state index contributed by atoms with van der Waals surface area (Å²) >= 11 is 0. The minimum absolute atomic E-state index is 0.0936. The van der Waals surface area contributed by atoms with E-state index in [1.54, 1.807) is 13.8 Å². The molecule has 1 fully saturated rings. The van der Waals surface area contributed by atoms with Crippen molar-refractivity contribution in [3.05, 3.63) is 59.9 Å². The Morgan fingerprint density at radius 1 is 0.964 bits per heavy atom. The molecule has 6 heteroatoms. The van der Waals surface area contributed by atoms with E-state index in [2.05, 4.69) is 39.3 Å². The summed E-state index contributed by atoms with van der Waals surface area (Å²) in [6.45, 7) is 4.38. The van der Waals surface area contributed by atoms with Crippen molar-refractivity contribution in [1.82, 2.24) is 9.71 Å². The van der Waals surface area contributed by atoms with E-state index in [0.29, 0.717) is 5.92 Å². The van der Waals surface area contributed by atoms with Gasteiger partial charge in [0.05, 0.1) is 5.25 Å². The van der Waals surface area contributed by atoms with E-state index in [1.165, 1.54) is 11.1 Å². The molecule has 0 unspecified atom stereocenters. The van der Waals surface area contributed by atoms with Gasteiger partial charge in [-0.1, -0.05) is 12.1 Å². The van der Waals surface area contributed by atoms with Crippen LogP contribution in [0.3, 0.4) is 0 Å². The van der Waals surface area contributed by atoms with E-state index < -0.39 is 10.0 Å². The fourth-order valence-electron chi connectivity index (χ4n) is 3.59. The molecule has 1 saturated carbocycles. The smallest absolute Gasteiger partial charge is 0.214 e. The fourth-order valence-corrected chi connectivity index (χ4v) is 4.56. The number of anilines is 1. The zero-order chi connectivity index (χ0) is 20.0. The first kappa shape index (κ1) is 20.8. The normalized spacial score (nSPS) is 20.2. The number of nitrogens with one attached hydrogen (secondary N) is 2. The molecule has 0 radical (unpaired) electrons. The van der Waals surface area contributed by atoms with Gasteiger partial charge in [0.15, 0.2) is 0 Å². The lowest BCUT2D eigenvalue weighted by molar-refractivity contribution is 0.323. The van der Waals surface area contributed by atoms with Crippen LogP contribution in [0.5, 0.6) is 0 Å². The number of hydrogen-bond acceptors (Lipinski definition) is 4. The summed E-state index contributed by atoms with van der Waals surface area (Å²) in [6, 6.07) is 12.8. The van der Waals surface area contributed by atoms with Crippen LogP contribution in [0.15, 0.2) is 48.8 Å². The predicted octanol–water partition coefficient (Wildman–Crippen LogP) is 3.97. The van der Waals surface area contributed by atoms with Crippen molar-refractivity contribution in [1.29, 1.82) is 0 Å². The van der Waals surface area contributed by atoms with E-state index in [9.17, 15) is 8.42 Å². The van der Waals surface area contributed by atoms with Crippen molar-refractivity contribution in [2.45, 2.75) is 57.2 Å². The fraction of sp³-hybridized carbons (Fsp3) is 0.500. The maximum absolute atomic E-state index is 12.0. The molecular weight excluding hydrogens is 370 g/mol. The predicted molar refractivity (Wildman–Crippen MR) is 115 cm³/mol. The van der Waals surface area contributed by atoms with Crippen molar-refractivity contribution < 1.29 is 8.42 Å². The van der Waals surface area contributed by atoms with E-state index in [0.717, 1.165) is 44.3 Å². The SMILES string of the molecule is CC(C)S(=O)(=O)N[C@H]1CC[C@H](CNc2ccc(Cc3ccncc3)cc2)CC1. The number of pyridine rings is 1. The van der Waals surface area contributed by atoms with E-state index in [-0.39, 0.29) is 11.3 Å². The van der Waals surface area contributed by atoms with Gasteiger partial charge in [0.25, 0.3) is 0 Å². The Balaban J connectivity index is 1.42. The Hall–Kier alpha value is -1.92. The molecule has 0 amide bonds. The van der Waals surface area contributed by atoms with Crippen LogP contribution in [0.1, 0.15) is 50.7 Å². The third-order valence-corrected chi connectivity index (χ3v) is 7.41. The zero-order valence-electron chi connectivity index (χ0n) is 16.8. The quantitative estimate of drug-likeness (QED) is 0.702. The van der Waals surface area contributed by atoms with Crippen LogP contribution in [0, 0.1) is 5.92 Å². The second kappa shape index (κ2) is 9.52. The average Bonchev–Trinajstić information content (AvgIpc) is 2.69. The van der Waals surface area contributed by atoms with Gasteiger partial charge in [0.2, 0.25) is 10.0 Å². The molecule has 1 aromatic carbocycles. The molecule has 28 heavy (non-hydrogen) atoms. The Morgan fingerprint density at radius 3 is 2.18 bits per heavy atom. The van der Waals surface area contributed by atoms with Gasteiger partial charge < -0.3 is 5.32 Å². The highest BCUT2D eigenvalue weighted by molar-refractivity contribution is 7.90. The molecule has 0 atom stereocenters. The van der Waals surface area contributed by atoms with Gasteiger partial charge in [0, 0.05) is 30.7 Å². The van der Waals surface area contributed by atoms with Crippen LogP contribution < -0.4 is 10.0 Å². The highest BCUT2D eigenvalue weighted by atomic mass is 32.2. The van der Waals surface area contributed by atoms with Crippen LogP contribution >= 0.6 is 0 Å². The Morgan fingerprint density at radius 2 is 1.57 bits per heavy atom. The second-order valence-electron chi connectivity index (χ2n) is 8.04. The monoisotopic (exact) mass is 401 g/mol. The Kier molecular flexibility index (Phi) is 7.08. The topological polar surface area (TPSA) is 71.1 Å². The number of hydrogen-bond donors (Lipinski definition) is 2. The van der Waals surface area contributed by atoms with Crippen molar-refractivity contribution in [2.24, 2.45) is 5.92 Å². The first-order valence-corrected chi connectivity index (χ1v) is 11.7. The standard InChI is InChI=1S/C22H31N3O2S/c1-17(2)28(26,27)25-22-9-5-20(6-10-22)16-24-21-7-3-18(4-8-21)15-19-11-13-23-14-12-19/h3-4,7-8,11-14,17,20,22,24-25H,5-6,9-10,15-16H2,1-2H3/t20-,22-. The minimum Gasteiger partial charge on any atom is -0.385 e. The average molecular weight is 402 g/mol. The van der Waals surface area contributed by atoms with Gasteiger partial charge in [-0.05, 0) is 87.3 Å². The van der Waals surface area contributed by atoms with Crippen LogP contribution in [0.2, 0.25) is 0 Å². The molecule has 2 N–H and O–H groups in total. The van der Waals surface area contributed by atoms with Gasteiger partial charge in [-0.15, -0.1) is 0 Å². The second-order valence-corrected chi connectivity index (χ2v) is 10.3. The van der Waals surface area contributed by atoms with E-state index in [1.807, 2.05) is 24.5 Å². The van der Waals surface area contributed by atoms with Crippen LogP contribution in [-0.2, 0) is 16.4 Å². The lowest BCUT2D eigenvalue weighted by Crippen LogP contribution is -2.41. The van der Waals surface area contributed by atoms with E-state index >= 15 is 0 Å². The number of sulfonamides is 1. The number of aromatic nitrogens is 1. The third kappa shape index (κ3) is 6.04. The first-order chi connectivity index (χ1) is 13.4. The van der Waals surface area contributed by atoms with Gasteiger partial charge in [-0.25, -0.2) is 13.1 Å². The van der Waals surface area contributed by atoms with Gasteiger partial charge in [-0.3, -0.25) is 4.98 Å². The Labute approximate surface area is 169 Å². The molecule has 152 valence electrons. The first-order valence-electron chi connectivity index (χ1n) is 10.2. The maximum Gasteiger partial charge on any atom is 0.214 e. The summed E-state index contributed by atoms with van der Waals surface area (Å²) in [5.41, 5.74) is 3.69. The number of benzene rings is 1. The van der Waals surface area contributed by atoms with Crippen molar-refractivity contribution in [3.8, 4) is 0 Å². The largest absolute Gasteiger partial charge is 0.385 e. The third-order valence-electron chi connectivity index (χ3n) is 5.50. The zero-order valence-corrected chi connectivity index (χ0v) is 17.6. The highest BCUT2D eigenvalue weighted by Crippen LogP contribution is 2.25. The van der Waals surface area contributed by atoms with Crippen LogP contribution in [0.4, 0.5) is 5.69 Å². The molecule has 1 heterocycles. The summed E-state index contributed by atoms with van der Waals surface area (Å²) in [7, 11) is -3.17. The molecule has 3 rings (SSSR count). The maximum atomic E-state index is 12.0. The summed E-state index contributed by atoms with van der Waals surface area (Å²) < 4.78 is 26.9. The molecule has 0 spiro atoms. The molecule has 0 aliphatic heterocycles. The molecule has 2 aromatic rings. The summed E-state index contributed by atoms with van der Waals surface area (Å²) in [6.07, 6.45) is 8.52. The highest BCUT2D eigenvalue weighted by Gasteiger charge is 2.26. The molecule has 0 saturated heterocycles. The van der Waals surface area contributed by atoms with Gasteiger partial charge in [0.1, 0.15) is 0 Å². The Bertz CT molecular complexity index is 828. The van der Waals surface area contributed by atoms with Crippen molar-refractivity contribution in [3.63, 3.8) is 0 Å². The number of rotatable bonds is 8. The summed E-state index contributed by atoms with van der Waals surface area (Å²) in [4.78, 5) is 4.06. The molecule has 1 aliphatic rings. The van der Waals surface area contributed by atoms with Gasteiger partial charge >= 0.3 is 0 Å². The van der Waals surface area contributed by atoms with Crippen molar-refractivity contribution >= 4 is 15.7 Å². The van der Waals surface area contributed by atoms with Gasteiger partial charge in [-0.2, -0.15) is 0 Å². The summed E-state index contributed by atoms with van der Waals surface area (Å²) in [5.74, 6) is 0.594.